The fraction of sp³-hybridized carbons (Fsp3) is 0.0656. The highest BCUT2D eigenvalue weighted by Crippen LogP contribution is 2.40. The second-order valence-corrected chi connectivity index (χ2v) is 16.5. The number of aromatic nitrogens is 3. The fourth-order valence-corrected chi connectivity index (χ4v) is 8.64. The van der Waals surface area contributed by atoms with Crippen LogP contribution in [0.3, 0.4) is 0 Å². The first-order valence-electron chi connectivity index (χ1n) is 22.2. The van der Waals surface area contributed by atoms with Gasteiger partial charge in [0.25, 0.3) is 0 Å². The molecule has 0 amide bonds. The average Bonchev–Trinajstić information content (AvgIpc) is 3.38. The van der Waals surface area contributed by atoms with Crippen molar-refractivity contribution in [2.75, 3.05) is 0 Å². The first-order chi connectivity index (χ1) is 32.1. The minimum absolute atomic E-state index is 0.247. The van der Waals surface area contributed by atoms with Gasteiger partial charge in [-0.05, 0) is 117 Å². The summed E-state index contributed by atoms with van der Waals surface area (Å²) in [4.78, 5) is 14.7. The molecule has 0 unspecified atom stereocenters. The molecule has 65 heavy (non-hydrogen) atoms. The van der Waals surface area contributed by atoms with E-state index in [9.17, 15) is 4.39 Å². The van der Waals surface area contributed by atoms with E-state index in [4.69, 9.17) is 15.0 Å². The van der Waals surface area contributed by atoms with E-state index in [0.29, 0.717) is 0 Å². The van der Waals surface area contributed by atoms with E-state index >= 15 is 0 Å². The lowest BCUT2D eigenvalue weighted by Crippen LogP contribution is -1.99. The van der Waals surface area contributed by atoms with Crippen LogP contribution in [0.25, 0.3) is 78.3 Å². The van der Waals surface area contributed by atoms with Crippen molar-refractivity contribution < 1.29 is 4.39 Å². The molecule has 0 fully saturated rings. The van der Waals surface area contributed by atoms with Crippen LogP contribution in [0.15, 0.2) is 231 Å². The van der Waals surface area contributed by atoms with Crippen LogP contribution in [-0.2, 0) is 25.7 Å². The highest BCUT2D eigenvalue weighted by molar-refractivity contribution is 5.93. The Bertz CT molecular complexity index is 3060. The Morgan fingerprint density at radius 3 is 1.28 bits per heavy atom. The van der Waals surface area contributed by atoms with Gasteiger partial charge in [-0.25, -0.2) is 4.39 Å². The number of nitrogens with zero attached hydrogens (tertiary/aromatic N) is 3. The van der Waals surface area contributed by atoms with Crippen LogP contribution in [0.4, 0.5) is 4.39 Å². The number of hydrogen-bond acceptors (Lipinski definition) is 3. The van der Waals surface area contributed by atoms with E-state index in [1.54, 1.807) is 12.1 Å². The Morgan fingerprint density at radius 2 is 0.738 bits per heavy atom. The van der Waals surface area contributed by atoms with Crippen LogP contribution in [0.2, 0.25) is 0 Å². The molecule has 0 aliphatic heterocycles. The van der Waals surface area contributed by atoms with Crippen molar-refractivity contribution in [1.82, 2.24) is 15.0 Å². The molecule has 7 aromatic carbocycles. The molecule has 3 nitrogen and oxygen atoms in total. The maximum Gasteiger partial charge on any atom is 0.123 e. The second-order valence-electron chi connectivity index (χ2n) is 16.5. The van der Waals surface area contributed by atoms with Crippen LogP contribution in [0.5, 0.6) is 0 Å². The molecule has 3 aromatic heterocycles. The van der Waals surface area contributed by atoms with Gasteiger partial charge in [0.05, 0.1) is 17.1 Å². The van der Waals surface area contributed by atoms with E-state index < -0.39 is 0 Å². The minimum Gasteiger partial charge on any atom is -0.256 e. The van der Waals surface area contributed by atoms with Gasteiger partial charge < -0.3 is 0 Å². The SMILES string of the molecule is Fc1cccc(-c2ccc(-c3cc(-c4ccccc4)ncc3-c3ccccc3-c3cc(CCc4ccc(-c5ccccc5)nc4)cc(CCc4ccc(-c5ccccc5)nc4)c3)cc2)c1. The number of pyridine rings is 3. The third-order valence-electron chi connectivity index (χ3n) is 12.1. The summed E-state index contributed by atoms with van der Waals surface area (Å²) in [7, 11) is 0. The molecular formula is C61H46FN3. The van der Waals surface area contributed by atoms with Crippen LogP contribution in [0, 0.1) is 5.82 Å². The first-order valence-corrected chi connectivity index (χ1v) is 22.2. The van der Waals surface area contributed by atoms with E-state index in [1.807, 2.05) is 55.0 Å². The van der Waals surface area contributed by atoms with Crippen molar-refractivity contribution in [1.29, 1.82) is 0 Å². The fourth-order valence-electron chi connectivity index (χ4n) is 8.64. The van der Waals surface area contributed by atoms with Crippen molar-refractivity contribution in [2.24, 2.45) is 0 Å². The van der Waals surface area contributed by atoms with Gasteiger partial charge in [0.15, 0.2) is 0 Å². The average molecular weight is 840 g/mol. The molecule has 0 N–H and O–H groups in total. The summed E-state index contributed by atoms with van der Waals surface area (Å²) in [5.41, 5.74) is 19.5. The largest absolute Gasteiger partial charge is 0.256 e. The standard InChI is InChI=1S/C61H46FN3/c62-54-20-12-19-52(38-54)47-29-31-48(32-30-47)57-39-61(51-17-8-3-9-18-51)65-42-58(57)56-22-11-10-21-55(56)53-36-45(25-23-43-27-33-59(63-40-43)49-13-4-1-5-14-49)35-46(37-53)26-24-44-28-34-60(64-41-44)50-15-6-2-7-16-50/h1-22,27-42H,23-26H2. The summed E-state index contributed by atoms with van der Waals surface area (Å²) >= 11 is 0. The molecule has 0 radical (unpaired) electrons. The second kappa shape index (κ2) is 19.1. The van der Waals surface area contributed by atoms with Crippen molar-refractivity contribution in [3.63, 3.8) is 0 Å². The van der Waals surface area contributed by atoms with Gasteiger partial charge >= 0.3 is 0 Å². The monoisotopic (exact) mass is 839 g/mol. The summed E-state index contributed by atoms with van der Waals surface area (Å²) in [6.07, 6.45) is 9.56. The van der Waals surface area contributed by atoms with Crippen molar-refractivity contribution >= 4 is 0 Å². The summed E-state index contributed by atoms with van der Waals surface area (Å²) < 4.78 is 14.2. The molecule has 0 saturated carbocycles. The highest BCUT2D eigenvalue weighted by Gasteiger charge is 2.17. The minimum atomic E-state index is -0.247. The van der Waals surface area contributed by atoms with Crippen LogP contribution >= 0.6 is 0 Å². The molecule has 0 aliphatic carbocycles. The molecule has 0 bridgehead atoms. The van der Waals surface area contributed by atoms with E-state index in [2.05, 4.69) is 158 Å². The Labute approximate surface area is 380 Å². The predicted octanol–water partition coefficient (Wildman–Crippen LogP) is 15.3. The molecule has 312 valence electrons. The highest BCUT2D eigenvalue weighted by atomic mass is 19.1. The molecule has 3 heterocycles. The maximum absolute atomic E-state index is 14.2. The number of rotatable bonds is 13. The Balaban J connectivity index is 1.01. The van der Waals surface area contributed by atoms with Crippen molar-refractivity contribution in [3.8, 4) is 78.3 Å². The number of hydrogen-bond donors (Lipinski definition) is 0. The maximum atomic E-state index is 14.2. The third-order valence-corrected chi connectivity index (χ3v) is 12.1. The summed E-state index contributed by atoms with van der Waals surface area (Å²) in [5.74, 6) is -0.247. The normalized spacial score (nSPS) is 11.1. The molecule has 10 aromatic rings. The van der Waals surface area contributed by atoms with Gasteiger partial charge in [0.2, 0.25) is 0 Å². The van der Waals surface area contributed by atoms with E-state index in [-0.39, 0.29) is 5.82 Å². The Hall–Kier alpha value is -8.08. The lowest BCUT2D eigenvalue weighted by atomic mass is 9.87. The summed E-state index contributed by atoms with van der Waals surface area (Å²) in [5, 5.41) is 0. The van der Waals surface area contributed by atoms with Gasteiger partial charge in [0.1, 0.15) is 5.82 Å². The number of benzene rings is 7. The van der Waals surface area contributed by atoms with Gasteiger partial charge in [-0.15, -0.1) is 0 Å². The summed E-state index contributed by atoms with van der Waals surface area (Å²) in [6, 6.07) is 72.8. The van der Waals surface area contributed by atoms with Crippen molar-refractivity contribution in [3.05, 3.63) is 259 Å². The van der Waals surface area contributed by atoms with E-state index in [0.717, 1.165) is 98.4 Å². The topological polar surface area (TPSA) is 38.7 Å². The number of aryl methyl sites for hydroxylation is 4. The molecular weight excluding hydrogens is 794 g/mol. The van der Waals surface area contributed by atoms with Gasteiger partial charge in [-0.3, -0.25) is 15.0 Å². The molecule has 10 rings (SSSR count). The lowest BCUT2D eigenvalue weighted by Gasteiger charge is -2.18. The van der Waals surface area contributed by atoms with Crippen molar-refractivity contribution in [2.45, 2.75) is 25.7 Å². The quantitative estimate of drug-likeness (QED) is 0.116. The van der Waals surface area contributed by atoms with Gasteiger partial charge in [-0.2, -0.15) is 0 Å². The molecule has 4 heteroatoms. The lowest BCUT2D eigenvalue weighted by molar-refractivity contribution is 0.628. The predicted molar refractivity (Wildman–Crippen MR) is 266 cm³/mol. The van der Waals surface area contributed by atoms with Gasteiger partial charge in [-0.1, -0.05) is 182 Å². The zero-order chi connectivity index (χ0) is 43.8. The Morgan fingerprint density at radius 1 is 0.262 bits per heavy atom. The first kappa shape index (κ1) is 41.0. The zero-order valence-corrected chi connectivity index (χ0v) is 36.0. The third kappa shape index (κ3) is 9.63. The molecule has 0 saturated heterocycles. The molecule has 0 spiro atoms. The van der Waals surface area contributed by atoms with Crippen LogP contribution < -0.4 is 0 Å². The zero-order valence-electron chi connectivity index (χ0n) is 36.0. The van der Waals surface area contributed by atoms with E-state index in [1.165, 1.54) is 33.9 Å². The molecule has 0 aliphatic rings. The molecule has 0 atom stereocenters. The van der Waals surface area contributed by atoms with Crippen LogP contribution in [-0.4, -0.2) is 15.0 Å². The smallest absolute Gasteiger partial charge is 0.123 e. The Kier molecular flexibility index (Phi) is 12.0. The summed E-state index contributed by atoms with van der Waals surface area (Å²) in [6.45, 7) is 0. The number of halogens is 1. The van der Waals surface area contributed by atoms with Gasteiger partial charge in [0, 0.05) is 40.8 Å². The van der Waals surface area contributed by atoms with Crippen LogP contribution in [0.1, 0.15) is 22.3 Å².